The van der Waals surface area contributed by atoms with Crippen LogP contribution < -0.4 is 5.73 Å². The van der Waals surface area contributed by atoms with E-state index in [1.807, 2.05) is 0 Å². The maximum atomic E-state index is 12.5. The van der Waals surface area contributed by atoms with E-state index in [2.05, 4.69) is 74.6 Å². The number of phosphoric ester groups is 1. The summed E-state index contributed by atoms with van der Waals surface area (Å²) in [6.07, 6.45) is 45.5. The molecule has 0 aliphatic carbocycles. The summed E-state index contributed by atoms with van der Waals surface area (Å²) < 4.78 is 32.6. The first-order valence-electron chi connectivity index (χ1n) is 20.8. The molecule has 0 amide bonds. The quantitative estimate of drug-likeness (QED) is 0.0272. The van der Waals surface area contributed by atoms with Gasteiger partial charge in [-0.3, -0.25) is 18.6 Å². The van der Waals surface area contributed by atoms with Gasteiger partial charge in [0.1, 0.15) is 6.61 Å². The molecule has 3 N–H and O–H groups in total. The van der Waals surface area contributed by atoms with E-state index in [4.69, 9.17) is 24.3 Å². The molecule has 0 aliphatic rings. The third kappa shape index (κ3) is 39.2. The zero-order valence-corrected chi connectivity index (χ0v) is 34.4. The Hall–Kier alpha value is -2.29. The van der Waals surface area contributed by atoms with Gasteiger partial charge in [-0.15, -0.1) is 0 Å². The Morgan fingerprint density at radius 1 is 0.566 bits per heavy atom. The highest BCUT2D eigenvalue weighted by molar-refractivity contribution is 7.47. The van der Waals surface area contributed by atoms with Crippen LogP contribution >= 0.6 is 7.82 Å². The molecule has 53 heavy (non-hydrogen) atoms. The van der Waals surface area contributed by atoms with E-state index in [1.54, 1.807) is 0 Å². The zero-order chi connectivity index (χ0) is 38.9. The van der Waals surface area contributed by atoms with Crippen LogP contribution in [-0.2, 0) is 32.7 Å². The van der Waals surface area contributed by atoms with Gasteiger partial charge in [0, 0.05) is 19.4 Å². The number of hydrogen-bond acceptors (Lipinski definition) is 8. The molecular weight excluding hydrogens is 689 g/mol. The van der Waals surface area contributed by atoms with Crippen LogP contribution in [-0.4, -0.2) is 49.3 Å². The van der Waals surface area contributed by atoms with Crippen molar-refractivity contribution in [2.75, 3.05) is 26.4 Å². The van der Waals surface area contributed by atoms with Crippen molar-refractivity contribution in [3.8, 4) is 0 Å². The molecule has 10 heteroatoms. The van der Waals surface area contributed by atoms with Crippen molar-refractivity contribution in [2.24, 2.45) is 5.73 Å². The van der Waals surface area contributed by atoms with Crippen molar-refractivity contribution in [1.29, 1.82) is 0 Å². The van der Waals surface area contributed by atoms with E-state index in [0.29, 0.717) is 12.8 Å². The molecule has 0 aromatic carbocycles. The molecule has 9 nitrogen and oxygen atoms in total. The zero-order valence-electron chi connectivity index (χ0n) is 33.5. The minimum absolute atomic E-state index is 0.0397. The van der Waals surface area contributed by atoms with Gasteiger partial charge in [0.2, 0.25) is 0 Å². The fourth-order valence-corrected chi connectivity index (χ4v) is 6.03. The number of ether oxygens (including phenoxy) is 2. The third-order valence-electron chi connectivity index (χ3n) is 8.38. The first kappa shape index (κ1) is 50.7. The Balaban J connectivity index is 4.33. The monoisotopic (exact) mass is 766 g/mol. The van der Waals surface area contributed by atoms with E-state index in [0.717, 1.165) is 51.4 Å². The second kappa shape index (κ2) is 39.4. The molecule has 0 bridgehead atoms. The number of nitrogens with two attached hydrogens (primary N) is 1. The number of phosphoric acid groups is 1. The lowest BCUT2D eigenvalue weighted by Gasteiger charge is -2.19. The molecule has 0 saturated heterocycles. The molecule has 0 rings (SSSR count). The first-order chi connectivity index (χ1) is 25.8. The molecule has 0 aromatic heterocycles. The molecular formula is C43H76NO8P. The van der Waals surface area contributed by atoms with Crippen LogP contribution in [0, 0.1) is 0 Å². The Bertz CT molecular complexity index is 1050. The van der Waals surface area contributed by atoms with E-state index in [9.17, 15) is 19.0 Å². The highest BCUT2D eigenvalue weighted by Crippen LogP contribution is 2.43. The van der Waals surface area contributed by atoms with Gasteiger partial charge in [0.05, 0.1) is 13.2 Å². The Labute approximate surface area is 323 Å². The van der Waals surface area contributed by atoms with Gasteiger partial charge in [-0.05, 0) is 77.0 Å². The highest BCUT2D eigenvalue weighted by Gasteiger charge is 2.25. The second-order valence-electron chi connectivity index (χ2n) is 13.5. The van der Waals surface area contributed by atoms with Crippen LogP contribution in [0.2, 0.25) is 0 Å². The molecule has 0 fully saturated rings. The number of carbonyl (C=O) groups excluding carboxylic acids is 2. The second-order valence-corrected chi connectivity index (χ2v) is 14.9. The average Bonchev–Trinajstić information content (AvgIpc) is 3.14. The number of hydrogen-bond donors (Lipinski definition) is 2. The van der Waals surface area contributed by atoms with E-state index < -0.39 is 32.5 Å². The summed E-state index contributed by atoms with van der Waals surface area (Å²) >= 11 is 0. The third-order valence-corrected chi connectivity index (χ3v) is 9.36. The standard InChI is InChI=1S/C43H76NO8P/c1-3-5-7-9-11-13-15-17-19-20-22-23-25-27-29-31-33-35-42(45)49-39-41(40-51-53(47,48)50-38-37-44)52-43(46)36-34-32-30-28-26-24-21-18-16-14-12-10-8-6-4-2/h17-19,21-23,26-29,41H,3-16,20,24-25,30-40,44H2,1-2H3,(H,47,48)/b19-17+,21-18+,23-22+,28-26+,29-27+/t41-/m1/s1. The van der Waals surface area contributed by atoms with Crippen molar-refractivity contribution in [3.63, 3.8) is 0 Å². The average molecular weight is 766 g/mol. The van der Waals surface area contributed by atoms with Gasteiger partial charge in [-0.1, -0.05) is 139 Å². The Morgan fingerprint density at radius 3 is 1.51 bits per heavy atom. The minimum atomic E-state index is -4.40. The molecule has 2 atom stereocenters. The summed E-state index contributed by atoms with van der Waals surface area (Å²) in [5.74, 6) is -0.932. The Morgan fingerprint density at radius 2 is 1.00 bits per heavy atom. The Kier molecular flexibility index (Phi) is 37.7. The largest absolute Gasteiger partial charge is 0.472 e. The summed E-state index contributed by atoms with van der Waals surface area (Å²) in [6, 6.07) is 0. The highest BCUT2D eigenvalue weighted by atomic mass is 31.2. The van der Waals surface area contributed by atoms with E-state index in [1.165, 1.54) is 77.0 Å². The van der Waals surface area contributed by atoms with Crippen LogP contribution in [0.1, 0.15) is 168 Å². The predicted molar refractivity (Wildman–Crippen MR) is 219 cm³/mol. The maximum absolute atomic E-state index is 12.5. The van der Waals surface area contributed by atoms with Gasteiger partial charge >= 0.3 is 19.8 Å². The summed E-state index contributed by atoms with van der Waals surface area (Å²) in [4.78, 5) is 34.8. The topological polar surface area (TPSA) is 134 Å². The van der Waals surface area contributed by atoms with Crippen molar-refractivity contribution in [3.05, 3.63) is 60.8 Å². The maximum Gasteiger partial charge on any atom is 0.472 e. The van der Waals surface area contributed by atoms with Gasteiger partial charge in [-0.2, -0.15) is 0 Å². The molecule has 306 valence electrons. The normalized spacial score (nSPS) is 14.0. The SMILES string of the molecule is CCCCCCCC/C=C/C/C=C/C/C=C/CCCC(=O)OC[C@H](COP(=O)(O)OCCN)OC(=O)CCCC/C=C/C/C=C/CCCCCCCC. The molecule has 0 aliphatic heterocycles. The smallest absolute Gasteiger partial charge is 0.462 e. The molecule has 0 saturated carbocycles. The van der Waals surface area contributed by atoms with Crippen LogP contribution in [0.5, 0.6) is 0 Å². The fraction of sp³-hybridized carbons (Fsp3) is 0.721. The van der Waals surface area contributed by atoms with Gasteiger partial charge in [0.25, 0.3) is 0 Å². The fourth-order valence-electron chi connectivity index (χ4n) is 5.27. The predicted octanol–water partition coefficient (Wildman–Crippen LogP) is 11.7. The molecule has 1 unspecified atom stereocenters. The van der Waals surface area contributed by atoms with Crippen LogP contribution in [0.25, 0.3) is 0 Å². The lowest BCUT2D eigenvalue weighted by Crippen LogP contribution is -2.29. The molecule has 0 aromatic rings. The van der Waals surface area contributed by atoms with E-state index in [-0.39, 0.29) is 32.6 Å². The van der Waals surface area contributed by atoms with Gasteiger partial charge < -0.3 is 20.1 Å². The summed E-state index contributed by atoms with van der Waals surface area (Å²) in [5, 5.41) is 0. The van der Waals surface area contributed by atoms with Crippen molar-refractivity contribution >= 4 is 19.8 Å². The van der Waals surface area contributed by atoms with Crippen LogP contribution in [0.15, 0.2) is 60.8 Å². The molecule has 0 heterocycles. The minimum Gasteiger partial charge on any atom is -0.462 e. The summed E-state index contributed by atoms with van der Waals surface area (Å²) in [5.41, 5.74) is 5.33. The molecule has 0 radical (unpaired) electrons. The lowest BCUT2D eigenvalue weighted by atomic mass is 10.1. The van der Waals surface area contributed by atoms with Crippen LogP contribution in [0.3, 0.4) is 0 Å². The lowest BCUT2D eigenvalue weighted by molar-refractivity contribution is -0.161. The summed E-state index contributed by atoms with van der Waals surface area (Å²) in [6.45, 7) is 3.61. The number of rotatable bonds is 38. The van der Waals surface area contributed by atoms with E-state index >= 15 is 0 Å². The van der Waals surface area contributed by atoms with Crippen molar-refractivity contribution in [2.45, 2.75) is 174 Å². The van der Waals surface area contributed by atoms with Gasteiger partial charge in [0.15, 0.2) is 6.10 Å². The number of allylic oxidation sites excluding steroid dienone is 10. The number of esters is 2. The van der Waals surface area contributed by atoms with Crippen molar-refractivity contribution in [1.82, 2.24) is 0 Å². The van der Waals surface area contributed by atoms with Crippen LogP contribution in [0.4, 0.5) is 0 Å². The number of unbranched alkanes of at least 4 members (excludes halogenated alkanes) is 15. The summed E-state index contributed by atoms with van der Waals surface area (Å²) in [7, 11) is -4.40. The number of carbonyl (C=O) groups is 2. The molecule has 0 spiro atoms. The van der Waals surface area contributed by atoms with Crippen molar-refractivity contribution < 1.29 is 37.6 Å². The van der Waals surface area contributed by atoms with Gasteiger partial charge in [-0.25, -0.2) is 4.57 Å². The first-order valence-corrected chi connectivity index (χ1v) is 22.3.